The lowest BCUT2D eigenvalue weighted by atomic mass is 9.95. The van der Waals surface area contributed by atoms with Crippen molar-refractivity contribution in [2.45, 2.75) is 26.3 Å². The van der Waals surface area contributed by atoms with Gasteiger partial charge in [0.25, 0.3) is 0 Å². The van der Waals surface area contributed by atoms with Crippen LogP contribution in [0.4, 0.5) is 4.39 Å². The molecule has 96 valence electrons. The van der Waals surface area contributed by atoms with Gasteiger partial charge in [0.2, 0.25) is 0 Å². The third-order valence-corrected chi connectivity index (χ3v) is 2.89. The molecule has 0 bridgehead atoms. The molecule has 4 nitrogen and oxygen atoms in total. The standard InChI is InChI=1S/C12H18FNO3/c1-6-9(8(14)4-5-15)11(16)12(17-3)7(2)10(6)13/h8,15-16H,4-5,14H2,1-3H3. The van der Waals surface area contributed by atoms with Gasteiger partial charge in [0, 0.05) is 23.8 Å². The number of hydrogen-bond acceptors (Lipinski definition) is 4. The second-order valence-electron chi connectivity index (χ2n) is 3.98. The number of phenols is 1. The van der Waals surface area contributed by atoms with Gasteiger partial charge in [-0.2, -0.15) is 0 Å². The maximum absolute atomic E-state index is 13.9. The molecular weight excluding hydrogens is 225 g/mol. The van der Waals surface area contributed by atoms with Crippen LogP contribution in [0.1, 0.15) is 29.2 Å². The zero-order valence-electron chi connectivity index (χ0n) is 10.2. The normalized spacial score (nSPS) is 12.6. The van der Waals surface area contributed by atoms with E-state index in [-0.39, 0.29) is 30.1 Å². The fourth-order valence-electron chi connectivity index (χ4n) is 1.96. The molecule has 1 aromatic rings. The Bertz CT molecular complexity index is 421. The zero-order chi connectivity index (χ0) is 13.2. The van der Waals surface area contributed by atoms with Crippen LogP contribution in [0.2, 0.25) is 0 Å². The van der Waals surface area contributed by atoms with E-state index in [0.29, 0.717) is 11.1 Å². The van der Waals surface area contributed by atoms with Crippen LogP contribution < -0.4 is 10.5 Å². The molecule has 0 radical (unpaired) electrons. The van der Waals surface area contributed by atoms with Gasteiger partial charge in [-0.1, -0.05) is 0 Å². The molecule has 0 aliphatic heterocycles. The molecule has 17 heavy (non-hydrogen) atoms. The Kier molecular flexibility index (Phi) is 4.31. The highest BCUT2D eigenvalue weighted by Crippen LogP contribution is 2.40. The van der Waals surface area contributed by atoms with Crippen molar-refractivity contribution in [3.63, 3.8) is 0 Å². The Morgan fingerprint density at radius 2 is 1.94 bits per heavy atom. The lowest BCUT2D eigenvalue weighted by Crippen LogP contribution is -2.15. The van der Waals surface area contributed by atoms with Crippen molar-refractivity contribution in [1.29, 1.82) is 0 Å². The Morgan fingerprint density at radius 1 is 1.35 bits per heavy atom. The molecule has 1 rings (SSSR count). The van der Waals surface area contributed by atoms with E-state index in [9.17, 15) is 9.50 Å². The number of nitrogens with two attached hydrogens (primary N) is 1. The number of phenolic OH excluding ortho intramolecular Hbond substituents is 1. The topological polar surface area (TPSA) is 75.7 Å². The molecule has 0 aromatic heterocycles. The molecule has 0 amide bonds. The molecule has 0 saturated carbocycles. The van der Waals surface area contributed by atoms with Gasteiger partial charge < -0.3 is 20.7 Å². The minimum atomic E-state index is -0.621. The number of rotatable bonds is 4. The molecule has 0 fully saturated rings. The monoisotopic (exact) mass is 243 g/mol. The van der Waals surface area contributed by atoms with Crippen LogP contribution in [0.25, 0.3) is 0 Å². The molecule has 0 aliphatic carbocycles. The van der Waals surface area contributed by atoms with Crippen molar-refractivity contribution < 1.29 is 19.3 Å². The van der Waals surface area contributed by atoms with Crippen molar-refractivity contribution in [2.75, 3.05) is 13.7 Å². The number of ether oxygens (including phenoxy) is 1. The Hall–Kier alpha value is -1.33. The molecule has 0 heterocycles. The van der Waals surface area contributed by atoms with E-state index < -0.39 is 11.9 Å². The molecule has 0 aliphatic rings. The first-order chi connectivity index (χ1) is 7.95. The summed E-state index contributed by atoms with van der Waals surface area (Å²) < 4.78 is 18.9. The lowest BCUT2D eigenvalue weighted by Gasteiger charge is -2.20. The van der Waals surface area contributed by atoms with Gasteiger partial charge in [0.15, 0.2) is 11.5 Å². The molecule has 0 spiro atoms. The number of benzene rings is 1. The first-order valence-corrected chi connectivity index (χ1v) is 5.37. The summed E-state index contributed by atoms with van der Waals surface area (Å²) in [6.07, 6.45) is 0.250. The van der Waals surface area contributed by atoms with Gasteiger partial charge >= 0.3 is 0 Å². The van der Waals surface area contributed by atoms with Gasteiger partial charge in [-0.3, -0.25) is 0 Å². The highest BCUT2D eigenvalue weighted by Gasteiger charge is 2.23. The summed E-state index contributed by atoms with van der Waals surface area (Å²) in [5.74, 6) is -0.496. The smallest absolute Gasteiger partial charge is 0.166 e. The van der Waals surface area contributed by atoms with Crippen molar-refractivity contribution in [1.82, 2.24) is 0 Å². The molecule has 4 N–H and O–H groups in total. The molecule has 1 unspecified atom stereocenters. The van der Waals surface area contributed by atoms with Crippen LogP contribution in [-0.4, -0.2) is 23.9 Å². The summed E-state index contributed by atoms with van der Waals surface area (Å²) in [4.78, 5) is 0. The average Bonchev–Trinajstić information content (AvgIpc) is 2.27. The van der Waals surface area contributed by atoms with Gasteiger partial charge in [0.1, 0.15) is 5.82 Å². The largest absolute Gasteiger partial charge is 0.504 e. The minimum absolute atomic E-state index is 0.0940. The quantitative estimate of drug-likeness (QED) is 0.749. The highest BCUT2D eigenvalue weighted by molar-refractivity contribution is 5.56. The summed E-state index contributed by atoms with van der Waals surface area (Å²) in [5.41, 5.74) is 6.64. The van der Waals surface area contributed by atoms with Crippen molar-refractivity contribution in [3.05, 3.63) is 22.5 Å². The highest BCUT2D eigenvalue weighted by atomic mass is 19.1. The first-order valence-electron chi connectivity index (χ1n) is 5.37. The number of methoxy groups -OCH3 is 1. The van der Waals surface area contributed by atoms with Crippen molar-refractivity contribution in [3.8, 4) is 11.5 Å². The van der Waals surface area contributed by atoms with Crippen molar-refractivity contribution in [2.24, 2.45) is 5.73 Å². The maximum Gasteiger partial charge on any atom is 0.166 e. The van der Waals surface area contributed by atoms with Crippen LogP contribution >= 0.6 is 0 Å². The van der Waals surface area contributed by atoms with E-state index in [4.69, 9.17) is 15.6 Å². The van der Waals surface area contributed by atoms with E-state index in [1.807, 2.05) is 0 Å². The van der Waals surface area contributed by atoms with Crippen molar-refractivity contribution >= 4 is 0 Å². The van der Waals surface area contributed by atoms with E-state index in [0.717, 1.165) is 0 Å². The number of aliphatic hydroxyl groups is 1. The van der Waals surface area contributed by atoms with Gasteiger partial charge in [-0.15, -0.1) is 0 Å². The van der Waals surface area contributed by atoms with Gasteiger partial charge in [-0.25, -0.2) is 4.39 Å². The van der Waals surface area contributed by atoms with E-state index in [2.05, 4.69) is 0 Å². The van der Waals surface area contributed by atoms with Gasteiger partial charge in [0.05, 0.1) is 7.11 Å². The van der Waals surface area contributed by atoms with Gasteiger partial charge in [-0.05, 0) is 25.8 Å². The summed E-state index contributed by atoms with van der Waals surface area (Å²) in [5, 5.41) is 18.9. The SMILES string of the molecule is COc1c(C)c(F)c(C)c(C(N)CCO)c1O. The predicted molar refractivity (Wildman–Crippen MR) is 62.7 cm³/mol. The van der Waals surface area contributed by atoms with Crippen LogP contribution in [0.3, 0.4) is 0 Å². The second kappa shape index (κ2) is 5.33. The van der Waals surface area contributed by atoms with Crippen LogP contribution in [0.5, 0.6) is 11.5 Å². The third-order valence-electron chi connectivity index (χ3n) is 2.89. The molecule has 5 heteroatoms. The summed E-state index contributed by atoms with van der Waals surface area (Å²) in [6.45, 7) is 2.95. The zero-order valence-corrected chi connectivity index (χ0v) is 10.2. The van der Waals surface area contributed by atoms with E-state index >= 15 is 0 Å². The number of aromatic hydroxyl groups is 1. The summed E-state index contributed by atoms with van der Waals surface area (Å²) >= 11 is 0. The van der Waals surface area contributed by atoms with Crippen LogP contribution in [0, 0.1) is 19.7 Å². The molecule has 1 aromatic carbocycles. The molecule has 0 saturated heterocycles. The Morgan fingerprint density at radius 3 is 2.41 bits per heavy atom. The minimum Gasteiger partial charge on any atom is -0.504 e. The third kappa shape index (κ3) is 2.35. The fourth-order valence-corrected chi connectivity index (χ4v) is 1.96. The Balaban J connectivity index is 3.44. The lowest BCUT2D eigenvalue weighted by molar-refractivity contribution is 0.274. The summed E-state index contributed by atoms with van der Waals surface area (Å²) in [6, 6.07) is -0.621. The Labute approximate surface area is 99.8 Å². The van der Waals surface area contributed by atoms with E-state index in [1.165, 1.54) is 14.0 Å². The second-order valence-corrected chi connectivity index (χ2v) is 3.98. The fraction of sp³-hybridized carbons (Fsp3) is 0.500. The number of hydrogen-bond donors (Lipinski definition) is 3. The number of halogens is 1. The molecular formula is C12H18FNO3. The maximum atomic E-state index is 13.9. The number of aliphatic hydroxyl groups excluding tert-OH is 1. The van der Waals surface area contributed by atoms with E-state index in [1.54, 1.807) is 6.92 Å². The predicted octanol–water partition coefficient (Wildman–Crippen LogP) is 1.54. The average molecular weight is 243 g/mol. The van der Waals surface area contributed by atoms with Crippen LogP contribution in [-0.2, 0) is 0 Å². The first kappa shape index (κ1) is 13.7. The molecule has 1 atom stereocenters. The van der Waals surface area contributed by atoms with Crippen LogP contribution in [0.15, 0.2) is 0 Å². The summed E-state index contributed by atoms with van der Waals surface area (Å²) in [7, 11) is 1.36.